The molecule has 0 aliphatic heterocycles. The first-order valence-corrected chi connectivity index (χ1v) is 5.71. The van der Waals surface area contributed by atoms with Gasteiger partial charge < -0.3 is 10.1 Å². The standard InChI is InChI=1S/C12H20N2O3/c1-5-14-11(16)12(7-13,6-9(2)3)8-17-10(4)15/h9H,5-6,8H2,1-4H3,(H,14,16). The highest BCUT2D eigenvalue weighted by Crippen LogP contribution is 2.27. The average molecular weight is 240 g/mol. The van der Waals surface area contributed by atoms with Gasteiger partial charge in [-0.3, -0.25) is 9.59 Å². The van der Waals surface area contributed by atoms with Crippen molar-refractivity contribution in [2.45, 2.75) is 34.1 Å². The van der Waals surface area contributed by atoms with Crippen LogP contribution in [0.4, 0.5) is 0 Å². The highest BCUT2D eigenvalue weighted by Gasteiger charge is 2.40. The third-order valence-corrected chi connectivity index (χ3v) is 2.26. The summed E-state index contributed by atoms with van der Waals surface area (Å²) in [5, 5.41) is 11.8. The summed E-state index contributed by atoms with van der Waals surface area (Å²) in [6.07, 6.45) is 0.364. The molecule has 1 atom stereocenters. The van der Waals surface area contributed by atoms with E-state index < -0.39 is 11.4 Å². The number of hydrogen-bond acceptors (Lipinski definition) is 4. The lowest BCUT2D eigenvalue weighted by Crippen LogP contribution is -2.44. The molecule has 0 aliphatic carbocycles. The van der Waals surface area contributed by atoms with Crippen molar-refractivity contribution in [2.24, 2.45) is 11.3 Å². The topological polar surface area (TPSA) is 79.2 Å². The zero-order valence-electron chi connectivity index (χ0n) is 10.9. The molecule has 0 aromatic heterocycles. The van der Waals surface area contributed by atoms with Gasteiger partial charge in [0.2, 0.25) is 5.91 Å². The Hall–Kier alpha value is -1.57. The molecule has 0 aromatic rings. The highest BCUT2D eigenvalue weighted by molar-refractivity contribution is 5.85. The van der Waals surface area contributed by atoms with Crippen LogP contribution in [0.2, 0.25) is 0 Å². The summed E-state index contributed by atoms with van der Waals surface area (Å²) in [4.78, 5) is 22.7. The van der Waals surface area contributed by atoms with Gasteiger partial charge >= 0.3 is 5.97 Å². The van der Waals surface area contributed by atoms with E-state index >= 15 is 0 Å². The number of carbonyl (C=O) groups excluding carboxylic acids is 2. The van der Waals surface area contributed by atoms with E-state index in [0.717, 1.165) is 0 Å². The molecule has 1 unspecified atom stereocenters. The fourth-order valence-electron chi connectivity index (χ4n) is 1.60. The third-order valence-electron chi connectivity index (χ3n) is 2.26. The van der Waals surface area contributed by atoms with Gasteiger partial charge in [-0.05, 0) is 19.3 Å². The lowest BCUT2D eigenvalue weighted by Gasteiger charge is -2.26. The first kappa shape index (κ1) is 15.4. The fourth-order valence-corrected chi connectivity index (χ4v) is 1.60. The Morgan fingerprint density at radius 1 is 1.47 bits per heavy atom. The fraction of sp³-hybridized carbons (Fsp3) is 0.750. The molecule has 96 valence electrons. The second-order valence-electron chi connectivity index (χ2n) is 4.43. The molecule has 0 fully saturated rings. The van der Waals surface area contributed by atoms with E-state index in [2.05, 4.69) is 5.32 Å². The first-order chi connectivity index (χ1) is 7.88. The Labute approximate surface area is 102 Å². The molecule has 0 spiro atoms. The van der Waals surface area contributed by atoms with Crippen molar-refractivity contribution < 1.29 is 14.3 Å². The molecule has 1 amide bonds. The van der Waals surface area contributed by atoms with Crippen LogP contribution in [-0.2, 0) is 14.3 Å². The Morgan fingerprint density at radius 3 is 2.41 bits per heavy atom. The van der Waals surface area contributed by atoms with Gasteiger partial charge in [0, 0.05) is 13.5 Å². The Morgan fingerprint density at radius 2 is 2.06 bits per heavy atom. The van der Waals surface area contributed by atoms with E-state index in [-0.39, 0.29) is 18.4 Å². The van der Waals surface area contributed by atoms with E-state index in [9.17, 15) is 14.9 Å². The summed E-state index contributed by atoms with van der Waals surface area (Å²) < 4.78 is 4.84. The van der Waals surface area contributed by atoms with Crippen LogP contribution in [0, 0.1) is 22.7 Å². The summed E-state index contributed by atoms with van der Waals surface area (Å²) in [6.45, 7) is 7.12. The van der Waals surface area contributed by atoms with Gasteiger partial charge in [-0.25, -0.2) is 0 Å². The van der Waals surface area contributed by atoms with Crippen molar-refractivity contribution >= 4 is 11.9 Å². The maximum atomic E-state index is 11.9. The minimum atomic E-state index is -1.28. The molecule has 5 heteroatoms. The zero-order chi connectivity index (χ0) is 13.5. The third kappa shape index (κ3) is 4.85. The van der Waals surface area contributed by atoms with E-state index in [1.165, 1.54) is 6.92 Å². The van der Waals surface area contributed by atoms with Gasteiger partial charge in [-0.1, -0.05) is 13.8 Å². The lowest BCUT2D eigenvalue weighted by molar-refractivity contribution is -0.147. The molecule has 0 aromatic carbocycles. The highest BCUT2D eigenvalue weighted by atomic mass is 16.5. The maximum absolute atomic E-state index is 11.9. The zero-order valence-corrected chi connectivity index (χ0v) is 10.9. The first-order valence-electron chi connectivity index (χ1n) is 5.71. The number of ether oxygens (including phenoxy) is 1. The number of nitrogens with zero attached hydrogens (tertiary/aromatic N) is 1. The van der Waals surface area contributed by atoms with Crippen LogP contribution in [0.1, 0.15) is 34.1 Å². The Bertz CT molecular complexity index is 320. The van der Waals surface area contributed by atoms with Gasteiger partial charge in [0.1, 0.15) is 6.61 Å². The predicted octanol–water partition coefficient (Wildman–Crippen LogP) is 1.24. The average Bonchev–Trinajstić information content (AvgIpc) is 2.23. The van der Waals surface area contributed by atoms with Crippen molar-refractivity contribution in [1.82, 2.24) is 5.32 Å². The van der Waals surface area contributed by atoms with Crippen LogP contribution in [-0.4, -0.2) is 25.0 Å². The molecule has 0 radical (unpaired) electrons. The lowest BCUT2D eigenvalue weighted by atomic mass is 9.81. The minimum Gasteiger partial charge on any atom is -0.464 e. The second-order valence-corrected chi connectivity index (χ2v) is 4.43. The Kier molecular flexibility index (Phi) is 6.26. The van der Waals surface area contributed by atoms with Crippen LogP contribution in [0.15, 0.2) is 0 Å². The number of esters is 1. The minimum absolute atomic E-state index is 0.160. The van der Waals surface area contributed by atoms with Crippen LogP contribution in [0.3, 0.4) is 0 Å². The van der Waals surface area contributed by atoms with Crippen molar-refractivity contribution in [2.75, 3.05) is 13.2 Å². The predicted molar refractivity (Wildman–Crippen MR) is 62.8 cm³/mol. The number of amides is 1. The van der Waals surface area contributed by atoms with E-state index in [0.29, 0.717) is 13.0 Å². The molecular formula is C12H20N2O3. The molecule has 0 saturated carbocycles. The van der Waals surface area contributed by atoms with Gasteiger partial charge in [0.25, 0.3) is 0 Å². The van der Waals surface area contributed by atoms with Gasteiger partial charge in [-0.2, -0.15) is 5.26 Å². The van der Waals surface area contributed by atoms with Crippen LogP contribution in [0.25, 0.3) is 0 Å². The molecular weight excluding hydrogens is 220 g/mol. The smallest absolute Gasteiger partial charge is 0.302 e. The van der Waals surface area contributed by atoms with Crippen LogP contribution in [0.5, 0.6) is 0 Å². The van der Waals surface area contributed by atoms with Crippen molar-refractivity contribution in [3.8, 4) is 6.07 Å². The molecule has 17 heavy (non-hydrogen) atoms. The van der Waals surface area contributed by atoms with E-state index in [4.69, 9.17) is 4.74 Å². The molecule has 0 bridgehead atoms. The molecule has 0 aliphatic rings. The maximum Gasteiger partial charge on any atom is 0.302 e. The van der Waals surface area contributed by atoms with Crippen molar-refractivity contribution in [1.29, 1.82) is 5.26 Å². The summed E-state index contributed by atoms with van der Waals surface area (Å²) >= 11 is 0. The van der Waals surface area contributed by atoms with Crippen molar-refractivity contribution in [3.05, 3.63) is 0 Å². The Balaban J connectivity index is 4.94. The SMILES string of the molecule is CCNC(=O)C(C#N)(COC(C)=O)CC(C)C. The summed E-state index contributed by atoms with van der Waals surface area (Å²) in [5.74, 6) is -0.706. The second kappa shape index (κ2) is 6.89. The summed E-state index contributed by atoms with van der Waals surface area (Å²) in [7, 11) is 0. The monoisotopic (exact) mass is 240 g/mol. The van der Waals surface area contributed by atoms with Gasteiger partial charge in [-0.15, -0.1) is 0 Å². The molecule has 1 N–H and O–H groups in total. The number of hydrogen-bond donors (Lipinski definition) is 1. The van der Waals surface area contributed by atoms with Gasteiger partial charge in [0.15, 0.2) is 5.41 Å². The van der Waals surface area contributed by atoms with Gasteiger partial charge in [0.05, 0.1) is 6.07 Å². The number of nitrogens with one attached hydrogen (secondary N) is 1. The van der Waals surface area contributed by atoms with Crippen molar-refractivity contribution in [3.63, 3.8) is 0 Å². The quantitative estimate of drug-likeness (QED) is 0.708. The number of nitriles is 1. The normalized spacial score (nSPS) is 13.6. The summed E-state index contributed by atoms with van der Waals surface area (Å²) in [6, 6.07) is 2.00. The molecule has 0 rings (SSSR count). The number of rotatable bonds is 6. The van der Waals surface area contributed by atoms with Crippen LogP contribution < -0.4 is 5.32 Å². The van der Waals surface area contributed by atoms with E-state index in [1.807, 2.05) is 19.9 Å². The molecule has 5 nitrogen and oxygen atoms in total. The van der Waals surface area contributed by atoms with Crippen LogP contribution >= 0.6 is 0 Å². The molecule has 0 saturated heterocycles. The largest absolute Gasteiger partial charge is 0.464 e. The molecule has 0 heterocycles. The summed E-state index contributed by atoms with van der Waals surface area (Å²) in [5.41, 5.74) is -1.28. The van der Waals surface area contributed by atoms with E-state index in [1.54, 1.807) is 6.92 Å². The number of carbonyl (C=O) groups is 2.